The van der Waals surface area contributed by atoms with Gasteiger partial charge in [-0.3, -0.25) is 4.79 Å². The molecule has 0 bridgehead atoms. The topological polar surface area (TPSA) is 124 Å². The summed E-state index contributed by atoms with van der Waals surface area (Å²) < 4.78 is 5.97. The van der Waals surface area contributed by atoms with Gasteiger partial charge < -0.3 is 25.2 Å². The van der Waals surface area contributed by atoms with Gasteiger partial charge in [0.05, 0.1) is 35.9 Å². The number of rotatable bonds is 2. The number of ether oxygens (including phenoxy) is 1. The first-order valence-corrected chi connectivity index (χ1v) is 13.2. The highest BCUT2D eigenvalue weighted by Crippen LogP contribution is 2.55. The monoisotopic (exact) mass is 502 g/mol. The van der Waals surface area contributed by atoms with Crippen LogP contribution in [0.3, 0.4) is 0 Å². The quantitative estimate of drug-likeness (QED) is 0.334. The molecule has 0 aromatic rings. The van der Waals surface area contributed by atoms with Crippen molar-refractivity contribution in [1.82, 2.24) is 0 Å². The molecule has 36 heavy (non-hydrogen) atoms. The summed E-state index contributed by atoms with van der Waals surface area (Å²) in [7, 11) is 0. The number of aliphatic hydroxyl groups excluding tert-OH is 3. The van der Waals surface area contributed by atoms with E-state index < -0.39 is 35.4 Å². The molecule has 3 aliphatic rings. The highest BCUT2D eigenvalue weighted by molar-refractivity contribution is 5.87. The van der Waals surface area contributed by atoms with Crippen LogP contribution in [0.25, 0.3) is 0 Å². The van der Waals surface area contributed by atoms with E-state index in [0.717, 1.165) is 12.8 Å². The maximum absolute atomic E-state index is 13.8. The van der Waals surface area contributed by atoms with Crippen molar-refractivity contribution in [3.8, 4) is 0 Å². The molecule has 1 fully saturated rings. The van der Waals surface area contributed by atoms with Gasteiger partial charge in [-0.1, -0.05) is 50.3 Å². The average Bonchev–Trinajstić information content (AvgIpc) is 2.83. The Hall–Kier alpha value is -2.22. The molecule has 1 saturated carbocycles. The minimum Gasteiger partial charge on any atom is -0.478 e. The summed E-state index contributed by atoms with van der Waals surface area (Å²) in [4.78, 5) is 25.5. The lowest BCUT2D eigenvalue weighted by molar-refractivity contribution is -0.172. The van der Waals surface area contributed by atoms with Crippen LogP contribution < -0.4 is 0 Å². The van der Waals surface area contributed by atoms with E-state index >= 15 is 0 Å². The molecular weight excluding hydrogens is 460 g/mol. The third kappa shape index (κ3) is 5.68. The lowest BCUT2D eigenvalue weighted by atomic mass is 9.52. The predicted molar refractivity (Wildman–Crippen MR) is 137 cm³/mol. The van der Waals surface area contributed by atoms with Crippen LogP contribution in [0.15, 0.2) is 47.6 Å². The second-order valence-corrected chi connectivity index (χ2v) is 11.1. The normalized spacial score (nSPS) is 43.6. The average molecular weight is 503 g/mol. The van der Waals surface area contributed by atoms with E-state index in [0.29, 0.717) is 24.8 Å². The Labute approximate surface area is 214 Å². The first kappa shape index (κ1) is 28.4. The maximum atomic E-state index is 13.8. The van der Waals surface area contributed by atoms with E-state index in [-0.39, 0.29) is 42.0 Å². The number of carbonyl (C=O) groups is 2. The number of carbonyl (C=O) groups excluding carboxylic acids is 1. The van der Waals surface area contributed by atoms with E-state index in [1.165, 1.54) is 0 Å². The second kappa shape index (κ2) is 11.9. The van der Waals surface area contributed by atoms with E-state index in [1.54, 1.807) is 31.2 Å². The van der Waals surface area contributed by atoms with Crippen LogP contribution >= 0.6 is 0 Å². The Bertz CT molecular complexity index is 932. The SMILES string of the molecule is C[C@@H]1CCC/C=C(/C(=O)O)[C@H](O)[C@@H](C)/C=C\C=C/[C@H]2C(CO)=C[C@H]3[C@H](O)[C@@H](C)CC[C@@H]3[C@@]2(C)C(=O)O1. The number of carboxylic acid groups (broad SMARTS) is 1. The van der Waals surface area contributed by atoms with Crippen molar-refractivity contribution in [2.75, 3.05) is 6.61 Å². The number of aliphatic carboxylic acids is 1. The van der Waals surface area contributed by atoms with Crippen LogP contribution in [-0.2, 0) is 14.3 Å². The molecule has 0 radical (unpaired) electrons. The zero-order valence-corrected chi connectivity index (χ0v) is 21.8. The Balaban J connectivity index is 2.04. The zero-order chi connectivity index (χ0) is 26.6. The standard InChI is InChI=1S/C29H42O7/c1-17-9-5-8-12-23-20(16-30)15-22-24(14-13-18(2)26(22)32)29(23,4)28(35)36-19(3)10-6-7-11-21(25(17)31)27(33)34/h5,8-9,11-12,15,17-19,22-26,30-32H,6-7,10,13-14,16H2,1-4H3,(H,33,34)/b9-5-,12-8-,21-11+/t17-,18-,19+,22+,23-,24-,25+,26+,29-/m0/s1. The van der Waals surface area contributed by atoms with Gasteiger partial charge in [-0.05, 0) is 63.4 Å². The van der Waals surface area contributed by atoms with Gasteiger partial charge in [0, 0.05) is 17.8 Å². The highest BCUT2D eigenvalue weighted by atomic mass is 16.5. The highest BCUT2D eigenvalue weighted by Gasteiger charge is 2.56. The molecule has 0 aromatic heterocycles. The molecule has 1 aliphatic heterocycles. The van der Waals surface area contributed by atoms with Crippen molar-refractivity contribution < 1.29 is 34.8 Å². The summed E-state index contributed by atoms with van der Waals surface area (Å²) in [6.07, 6.45) is 11.7. The fourth-order valence-corrected chi connectivity index (χ4v) is 6.23. The summed E-state index contributed by atoms with van der Waals surface area (Å²) in [5, 5.41) is 41.5. The van der Waals surface area contributed by atoms with Gasteiger partial charge in [-0.2, -0.15) is 0 Å². The van der Waals surface area contributed by atoms with Gasteiger partial charge >= 0.3 is 11.9 Å². The van der Waals surface area contributed by atoms with E-state index in [1.807, 2.05) is 32.9 Å². The molecule has 1 heterocycles. The molecule has 0 unspecified atom stereocenters. The number of hydrogen-bond donors (Lipinski definition) is 4. The van der Waals surface area contributed by atoms with E-state index in [2.05, 4.69) is 0 Å². The van der Waals surface area contributed by atoms with Crippen LogP contribution in [0.2, 0.25) is 0 Å². The Morgan fingerprint density at radius 3 is 2.47 bits per heavy atom. The summed E-state index contributed by atoms with van der Waals surface area (Å²) in [6.45, 7) is 7.28. The molecule has 2 aliphatic carbocycles. The van der Waals surface area contributed by atoms with Crippen molar-refractivity contribution in [3.63, 3.8) is 0 Å². The third-order valence-electron chi connectivity index (χ3n) is 8.60. The van der Waals surface area contributed by atoms with Crippen molar-refractivity contribution in [1.29, 1.82) is 0 Å². The van der Waals surface area contributed by atoms with Gasteiger partial charge in [0.2, 0.25) is 0 Å². The lowest BCUT2D eigenvalue weighted by Gasteiger charge is -2.52. The molecule has 200 valence electrons. The van der Waals surface area contributed by atoms with Crippen LogP contribution in [-0.4, -0.2) is 57.3 Å². The van der Waals surface area contributed by atoms with Gasteiger partial charge in [0.25, 0.3) is 0 Å². The molecule has 4 N–H and O–H groups in total. The van der Waals surface area contributed by atoms with Crippen molar-refractivity contribution in [3.05, 3.63) is 47.6 Å². The van der Waals surface area contributed by atoms with Gasteiger partial charge in [0.15, 0.2) is 0 Å². The Morgan fingerprint density at radius 1 is 1.11 bits per heavy atom. The van der Waals surface area contributed by atoms with Crippen molar-refractivity contribution in [2.24, 2.45) is 35.0 Å². The fraction of sp³-hybridized carbons (Fsp3) is 0.655. The number of carboxylic acids is 1. The molecule has 0 spiro atoms. The van der Waals surface area contributed by atoms with Crippen LogP contribution in [0.1, 0.15) is 59.8 Å². The van der Waals surface area contributed by atoms with Crippen LogP contribution in [0.5, 0.6) is 0 Å². The minimum absolute atomic E-state index is 0.0330. The lowest BCUT2D eigenvalue weighted by Crippen LogP contribution is -2.54. The molecular formula is C29H42O7. The number of cyclic esters (lactones) is 1. The van der Waals surface area contributed by atoms with Crippen LogP contribution in [0.4, 0.5) is 0 Å². The predicted octanol–water partition coefficient (Wildman–Crippen LogP) is 3.80. The van der Waals surface area contributed by atoms with Crippen molar-refractivity contribution in [2.45, 2.75) is 78.1 Å². The third-order valence-corrected chi connectivity index (χ3v) is 8.60. The first-order chi connectivity index (χ1) is 17.0. The number of aliphatic hydroxyl groups is 3. The fourth-order valence-electron chi connectivity index (χ4n) is 6.23. The van der Waals surface area contributed by atoms with E-state index in [9.17, 15) is 30.0 Å². The van der Waals surface area contributed by atoms with Gasteiger partial charge in [-0.25, -0.2) is 4.79 Å². The molecule has 0 amide bonds. The molecule has 7 heteroatoms. The molecule has 3 rings (SSSR count). The molecule has 7 nitrogen and oxygen atoms in total. The number of fused-ring (bicyclic) bond motifs is 3. The minimum atomic E-state index is -1.15. The second-order valence-electron chi connectivity index (χ2n) is 11.1. The Morgan fingerprint density at radius 2 is 1.81 bits per heavy atom. The van der Waals surface area contributed by atoms with E-state index in [4.69, 9.17) is 4.74 Å². The number of hydrogen-bond acceptors (Lipinski definition) is 6. The largest absolute Gasteiger partial charge is 0.478 e. The van der Waals surface area contributed by atoms with Crippen LogP contribution in [0, 0.1) is 35.0 Å². The number of esters is 1. The first-order valence-electron chi connectivity index (χ1n) is 13.2. The number of allylic oxidation sites excluding steroid dienone is 4. The summed E-state index contributed by atoms with van der Waals surface area (Å²) in [5.41, 5.74) is -0.309. The molecule has 9 atom stereocenters. The maximum Gasteiger partial charge on any atom is 0.333 e. The smallest absolute Gasteiger partial charge is 0.333 e. The van der Waals surface area contributed by atoms with Gasteiger partial charge in [-0.15, -0.1) is 0 Å². The summed E-state index contributed by atoms with van der Waals surface area (Å²) >= 11 is 0. The van der Waals surface area contributed by atoms with Gasteiger partial charge in [0.1, 0.15) is 0 Å². The summed E-state index contributed by atoms with van der Waals surface area (Å²) in [6, 6.07) is 0. The summed E-state index contributed by atoms with van der Waals surface area (Å²) in [5.74, 6) is -2.58. The van der Waals surface area contributed by atoms with Crippen molar-refractivity contribution >= 4 is 11.9 Å². The molecule has 0 aromatic carbocycles. The molecule has 0 saturated heterocycles. The Kier molecular flexibility index (Phi) is 9.36. The zero-order valence-electron chi connectivity index (χ0n) is 21.8.